The maximum absolute atomic E-state index is 4.53. The summed E-state index contributed by atoms with van der Waals surface area (Å²) in [6.45, 7) is 7.16. The number of hydrogen-bond acceptors (Lipinski definition) is 5. The van der Waals surface area contributed by atoms with E-state index in [9.17, 15) is 0 Å². The van der Waals surface area contributed by atoms with E-state index in [0.717, 1.165) is 9.86 Å². The summed E-state index contributed by atoms with van der Waals surface area (Å²) in [5.41, 5.74) is 1.02. The van der Waals surface area contributed by atoms with E-state index in [2.05, 4.69) is 34.2 Å². The van der Waals surface area contributed by atoms with Crippen LogP contribution < -0.4 is 0 Å². The Labute approximate surface area is 123 Å². The Balaban J connectivity index is 2.08. The highest BCUT2D eigenvalue weighted by Crippen LogP contribution is 2.37. The lowest BCUT2D eigenvalue weighted by atomic mass is 10.3. The number of allylic oxidation sites excluding steroid dienone is 1. The van der Waals surface area contributed by atoms with Gasteiger partial charge in [-0.15, -0.1) is 11.3 Å². The van der Waals surface area contributed by atoms with Gasteiger partial charge in [-0.25, -0.2) is 15.0 Å². The van der Waals surface area contributed by atoms with Crippen LogP contribution in [0.15, 0.2) is 64.0 Å². The topological polar surface area (TPSA) is 37.6 Å². The summed E-state index contributed by atoms with van der Waals surface area (Å²) in [5, 5.41) is 0.624. The van der Waals surface area contributed by atoms with Crippen LogP contribution in [0.25, 0.3) is 10.2 Å². The zero-order valence-electron chi connectivity index (χ0n) is 10.0. The van der Waals surface area contributed by atoms with Gasteiger partial charge in [0, 0.05) is 12.4 Å². The van der Waals surface area contributed by atoms with Crippen LogP contribution in [0, 0.1) is 0 Å². The minimum absolute atomic E-state index is 0.624. The average Bonchev–Trinajstić information content (AvgIpc) is 2.84. The fourth-order valence-electron chi connectivity index (χ4n) is 1.23. The molecule has 0 bridgehead atoms. The smallest absolute Gasteiger partial charge is 0.198 e. The number of thiazole rings is 1. The fraction of sp³-hybridized carbons (Fsp3) is 0. The molecule has 0 unspecified atom stereocenters. The van der Waals surface area contributed by atoms with Crippen LogP contribution >= 0.6 is 32.9 Å². The predicted octanol–water partition coefficient (Wildman–Crippen LogP) is 4.79. The molecule has 1 heterocycles. The molecule has 0 N–H and O–H groups in total. The molecule has 2 rings (SSSR count). The number of rotatable bonds is 4. The lowest BCUT2D eigenvalue weighted by molar-refractivity contribution is 1.31. The van der Waals surface area contributed by atoms with Crippen LogP contribution in [0.1, 0.15) is 0 Å². The number of nitrogens with zero attached hydrogens (tertiary/aromatic N) is 3. The van der Waals surface area contributed by atoms with Gasteiger partial charge in [-0.05, 0) is 33.7 Å². The van der Waals surface area contributed by atoms with Crippen molar-refractivity contribution in [1.82, 2.24) is 4.98 Å². The van der Waals surface area contributed by atoms with Crippen molar-refractivity contribution in [2.75, 3.05) is 0 Å². The molecule has 96 valence electrons. The van der Waals surface area contributed by atoms with Crippen LogP contribution in [0.2, 0.25) is 0 Å². The van der Waals surface area contributed by atoms with Crippen molar-refractivity contribution >= 4 is 54.5 Å². The molecule has 0 amide bonds. The van der Waals surface area contributed by atoms with Gasteiger partial charge in [-0.2, -0.15) is 0 Å². The summed E-state index contributed by atoms with van der Waals surface area (Å²) in [4.78, 5) is 12.8. The van der Waals surface area contributed by atoms with E-state index in [0.29, 0.717) is 5.17 Å². The van der Waals surface area contributed by atoms with E-state index in [4.69, 9.17) is 0 Å². The number of benzene rings is 1. The van der Waals surface area contributed by atoms with E-state index >= 15 is 0 Å². The van der Waals surface area contributed by atoms with Gasteiger partial charge in [0.1, 0.15) is 0 Å². The molecule has 0 aliphatic heterocycles. The average molecular weight is 305 g/mol. The van der Waals surface area contributed by atoms with Crippen molar-refractivity contribution < 1.29 is 0 Å². The van der Waals surface area contributed by atoms with Crippen molar-refractivity contribution in [3.63, 3.8) is 0 Å². The Morgan fingerprint density at radius 3 is 2.89 bits per heavy atom. The van der Waals surface area contributed by atoms with Gasteiger partial charge in [-0.3, -0.25) is 0 Å². The zero-order chi connectivity index (χ0) is 13.5. The van der Waals surface area contributed by atoms with E-state index in [1.807, 2.05) is 18.2 Å². The zero-order valence-corrected chi connectivity index (χ0v) is 12.5. The third-order valence-electron chi connectivity index (χ3n) is 1.95. The summed E-state index contributed by atoms with van der Waals surface area (Å²) >= 11 is 1.66. The lowest BCUT2D eigenvalue weighted by Crippen LogP contribution is -1.83. The minimum atomic E-state index is 0.624. The molecule has 0 spiro atoms. The maximum atomic E-state index is 4.53. The van der Waals surface area contributed by atoms with Crippen LogP contribution in [0.4, 0.5) is 0 Å². The van der Waals surface area contributed by atoms with Gasteiger partial charge in [0.15, 0.2) is 9.51 Å². The second kappa shape index (κ2) is 7.28. The predicted molar refractivity (Wildman–Crippen MR) is 89.4 cm³/mol. The number of para-hydroxylation sites is 1. The molecule has 1 aromatic carbocycles. The molecule has 0 aliphatic carbocycles. The molecule has 0 saturated carbocycles. The van der Waals surface area contributed by atoms with Gasteiger partial charge in [-0.1, -0.05) is 31.4 Å². The molecule has 19 heavy (non-hydrogen) atoms. The Kier molecular flexibility index (Phi) is 5.38. The first kappa shape index (κ1) is 14.0. The van der Waals surface area contributed by atoms with E-state index in [1.165, 1.54) is 21.7 Å². The minimum Gasteiger partial charge on any atom is -0.231 e. The first-order valence-electron chi connectivity index (χ1n) is 5.37. The largest absolute Gasteiger partial charge is 0.231 e. The number of fused-ring (bicyclic) bond motifs is 1. The lowest BCUT2D eigenvalue weighted by Gasteiger charge is -1.95. The van der Waals surface area contributed by atoms with E-state index in [1.54, 1.807) is 34.4 Å². The SMILES string of the molecule is C=CC=NC(=NC=C)SSc1nc2ccccc2s1. The fourth-order valence-corrected chi connectivity index (χ4v) is 4.26. The van der Waals surface area contributed by atoms with Gasteiger partial charge in [0.25, 0.3) is 0 Å². The normalized spacial score (nSPS) is 12.1. The summed E-state index contributed by atoms with van der Waals surface area (Å²) < 4.78 is 2.17. The molecule has 3 nitrogen and oxygen atoms in total. The molecule has 0 aliphatic rings. The molecule has 0 fully saturated rings. The highest BCUT2D eigenvalue weighted by molar-refractivity contribution is 8.82. The van der Waals surface area contributed by atoms with Gasteiger partial charge in [0.05, 0.1) is 10.2 Å². The van der Waals surface area contributed by atoms with E-state index < -0.39 is 0 Å². The molecule has 0 atom stereocenters. The molecule has 2 aromatic rings. The first-order chi connectivity index (χ1) is 9.33. The molecule has 0 radical (unpaired) electrons. The molecule has 6 heteroatoms. The van der Waals surface area contributed by atoms with Crippen molar-refractivity contribution in [1.29, 1.82) is 0 Å². The molecule has 0 saturated heterocycles. The molecule has 1 aromatic heterocycles. The number of hydrogen-bond donors (Lipinski definition) is 0. The third kappa shape index (κ3) is 4.05. The highest BCUT2D eigenvalue weighted by Gasteiger charge is 2.06. The Morgan fingerprint density at radius 2 is 2.16 bits per heavy atom. The third-order valence-corrected chi connectivity index (χ3v) is 5.45. The molecular weight excluding hydrogens is 294 g/mol. The summed E-state index contributed by atoms with van der Waals surface area (Å²) in [7, 11) is 2.99. The van der Waals surface area contributed by atoms with Crippen molar-refractivity contribution in [3.8, 4) is 0 Å². The van der Waals surface area contributed by atoms with Crippen molar-refractivity contribution in [2.24, 2.45) is 9.98 Å². The van der Waals surface area contributed by atoms with Crippen LogP contribution in [0.3, 0.4) is 0 Å². The monoisotopic (exact) mass is 305 g/mol. The Hall–Kier alpha value is -1.37. The Bertz CT molecular complexity index is 610. The summed E-state index contributed by atoms with van der Waals surface area (Å²) in [6, 6.07) is 8.08. The van der Waals surface area contributed by atoms with Gasteiger partial charge in [0.2, 0.25) is 0 Å². The van der Waals surface area contributed by atoms with E-state index in [-0.39, 0.29) is 0 Å². The first-order valence-corrected chi connectivity index (χ1v) is 8.34. The van der Waals surface area contributed by atoms with Gasteiger partial charge >= 0.3 is 0 Å². The van der Waals surface area contributed by atoms with Crippen molar-refractivity contribution in [3.05, 3.63) is 49.7 Å². The maximum Gasteiger partial charge on any atom is 0.198 e. The summed E-state index contributed by atoms with van der Waals surface area (Å²) in [5.74, 6) is 0. The number of aromatic nitrogens is 1. The number of aliphatic imine (C=N–C) groups is 2. The summed E-state index contributed by atoms with van der Waals surface area (Å²) in [6.07, 6.45) is 4.69. The van der Waals surface area contributed by atoms with Crippen LogP contribution in [-0.2, 0) is 0 Å². The van der Waals surface area contributed by atoms with Crippen LogP contribution in [0.5, 0.6) is 0 Å². The second-order valence-corrected chi connectivity index (χ2v) is 6.60. The van der Waals surface area contributed by atoms with Crippen molar-refractivity contribution in [2.45, 2.75) is 4.34 Å². The second-order valence-electron chi connectivity index (χ2n) is 3.22. The standard InChI is InChI=1S/C13H11N3S3/c1-3-9-15-12(14-4-2)18-19-13-16-10-7-5-6-8-11(10)17-13/h3-9H,1-2H2. The van der Waals surface area contributed by atoms with Gasteiger partial charge < -0.3 is 0 Å². The number of amidine groups is 1. The Morgan fingerprint density at radius 1 is 1.32 bits per heavy atom. The quantitative estimate of drug-likeness (QED) is 0.463. The van der Waals surface area contributed by atoms with Crippen LogP contribution in [-0.4, -0.2) is 16.4 Å². The molecular formula is C13H11N3S3. The highest BCUT2D eigenvalue weighted by atomic mass is 33.1.